The molecule has 0 radical (unpaired) electrons. The summed E-state index contributed by atoms with van der Waals surface area (Å²) >= 11 is 0. The third-order valence-corrected chi connectivity index (χ3v) is 4.01. The minimum Gasteiger partial charge on any atom is -0.390 e. The number of aryl methyl sites for hydroxylation is 1. The van der Waals surface area contributed by atoms with Crippen molar-refractivity contribution >= 4 is 11.6 Å². The van der Waals surface area contributed by atoms with Crippen LogP contribution in [0.3, 0.4) is 0 Å². The number of carbonyl (C=O) groups excluding carboxylic acids is 1. The Bertz CT molecular complexity index is 678. The number of fused-ring (bicyclic) bond motifs is 1. The normalized spacial score (nSPS) is 17.3. The summed E-state index contributed by atoms with van der Waals surface area (Å²) in [5, 5.41) is 16.2. The zero-order chi connectivity index (χ0) is 16.2. The lowest BCUT2D eigenvalue weighted by atomic mass is 10.2. The lowest BCUT2D eigenvalue weighted by molar-refractivity contribution is 0.0842. The van der Waals surface area contributed by atoms with Gasteiger partial charge in [-0.15, -0.1) is 0 Å². The average Bonchev–Trinajstić information content (AvgIpc) is 2.92. The van der Waals surface area contributed by atoms with E-state index in [1.54, 1.807) is 12.3 Å². The van der Waals surface area contributed by atoms with E-state index in [2.05, 4.69) is 20.5 Å². The van der Waals surface area contributed by atoms with E-state index in [4.69, 9.17) is 0 Å². The molecule has 124 valence electrons. The Balaban J connectivity index is 1.53. The number of rotatable bonds is 5. The van der Waals surface area contributed by atoms with Crippen LogP contribution in [-0.4, -0.2) is 70.7 Å². The number of nitrogens with one attached hydrogen (secondary N) is 2. The second kappa shape index (κ2) is 7.08. The molecule has 1 aliphatic rings. The number of aliphatic hydroxyl groups excluding tert-OH is 1. The van der Waals surface area contributed by atoms with E-state index in [0.717, 1.165) is 37.5 Å². The van der Waals surface area contributed by atoms with Crippen LogP contribution in [0.4, 0.5) is 0 Å². The van der Waals surface area contributed by atoms with E-state index >= 15 is 0 Å². The molecule has 1 atom stereocenters. The van der Waals surface area contributed by atoms with Crippen molar-refractivity contribution in [2.75, 3.05) is 39.3 Å². The van der Waals surface area contributed by atoms with Crippen molar-refractivity contribution < 1.29 is 9.90 Å². The summed E-state index contributed by atoms with van der Waals surface area (Å²) in [6.45, 7) is 6.51. The largest absolute Gasteiger partial charge is 0.390 e. The summed E-state index contributed by atoms with van der Waals surface area (Å²) in [5.41, 5.74) is 2.29. The highest BCUT2D eigenvalue weighted by Gasteiger charge is 2.15. The first-order valence-electron chi connectivity index (χ1n) is 7.96. The van der Waals surface area contributed by atoms with Gasteiger partial charge in [0.05, 0.1) is 17.4 Å². The van der Waals surface area contributed by atoms with Crippen molar-refractivity contribution in [3.63, 3.8) is 0 Å². The van der Waals surface area contributed by atoms with Crippen LogP contribution >= 0.6 is 0 Å². The molecule has 7 heteroatoms. The Morgan fingerprint density at radius 1 is 1.39 bits per heavy atom. The van der Waals surface area contributed by atoms with Gasteiger partial charge in [-0.1, -0.05) is 0 Å². The zero-order valence-electron chi connectivity index (χ0n) is 13.3. The minimum atomic E-state index is -0.559. The molecule has 2 aromatic rings. The molecule has 7 nitrogen and oxygen atoms in total. The average molecular weight is 317 g/mol. The fourth-order valence-electron chi connectivity index (χ4n) is 2.82. The molecule has 0 aromatic carbocycles. The second-order valence-corrected chi connectivity index (χ2v) is 5.98. The first-order chi connectivity index (χ1) is 11.1. The second-order valence-electron chi connectivity index (χ2n) is 5.98. The number of aromatic nitrogens is 2. The number of pyridine rings is 1. The molecule has 0 aliphatic carbocycles. The van der Waals surface area contributed by atoms with Gasteiger partial charge in [-0.05, 0) is 19.1 Å². The van der Waals surface area contributed by atoms with Crippen molar-refractivity contribution in [2.24, 2.45) is 0 Å². The number of amides is 1. The van der Waals surface area contributed by atoms with Crippen LogP contribution in [0.25, 0.3) is 5.65 Å². The third-order valence-electron chi connectivity index (χ3n) is 4.01. The lowest BCUT2D eigenvalue weighted by Crippen LogP contribution is -2.48. The molecule has 23 heavy (non-hydrogen) atoms. The predicted molar refractivity (Wildman–Crippen MR) is 87.6 cm³/mol. The van der Waals surface area contributed by atoms with E-state index in [9.17, 15) is 9.90 Å². The summed E-state index contributed by atoms with van der Waals surface area (Å²) < 4.78 is 1.83. The third kappa shape index (κ3) is 4.07. The molecule has 0 saturated carbocycles. The maximum absolute atomic E-state index is 12.2. The molecule has 0 unspecified atom stereocenters. The predicted octanol–water partition coefficient (Wildman–Crippen LogP) is -0.361. The summed E-state index contributed by atoms with van der Waals surface area (Å²) in [7, 11) is 0. The number of piperazine rings is 1. The van der Waals surface area contributed by atoms with E-state index in [-0.39, 0.29) is 12.5 Å². The van der Waals surface area contributed by atoms with Gasteiger partial charge in [-0.2, -0.15) is 0 Å². The lowest BCUT2D eigenvalue weighted by Gasteiger charge is -2.29. The molecular weight excluding hydrogens is 294 g/mol. The quantitative estimate of drug-likeness (QED) is 0.701. The molecule has 3 rings (SSSR count). The summed E-state index contributed by atoms with van der Waals surface area (Å²) in [6.07, 6.45) is 3.08. The van der Waals surface area contributed by atoms with Gasteiger partial charge < -0.3 is 20.1 Å². The van der Waals surface area contributed by atoms with E-state index in [0.29, 0.717) is 12.1 Å². The van der Waals surface area contributed by atoms with Gasteiger partial charge in [0.2, 0.25) is 0 Å². The van der Waals surface area contributed by atoms with Crippen LogP contribution in [0.1, 0.15) is 16.1 Å². The first kappa shape index (κ1) is 15.9. The van der Waals surface area contributed by atoms with E-state index < -0.39 is 6.10 Å². The van der Waals surface area contributed by atoms with Crippen molar-refractivity contribution in [2.45, 2.75) is 13.0 Å². The van der Waals surface area contributed by atoms with Crippen molar-refractivity contribution in [1.82, 2.24) is 24.9 Å². The van der Waals surface area contributed by atoms with Gasteiger partial charge in [-0.25, -0.2) is 4.98 Å². The number of imidazole rings is 1. The zero-order valence-corrected chi connectivity index (χ0v) is 13.3. The van der Waals surface area contributed by atoms with Gasteiger partial charge in [0.25, 0.3) is 5.91 Å². The highest BCUT2D eigenvalue weighted by Crippen LogP contribution is 2.07. The fraction of sp³-hybridized carbons (Fsp3) is 0.500. The molecular formula is C16H23N5O2. The van der Waals surface area contributed by atoms with Crippen LogP contribution in [0, 0.1) is 6.92 Å². The van der Waals surface area contributed by atoms with Crippen molar-refractivity contribution in [1.29, 1.82) is 0 Å². The Hall–Kier alpha value is -1.96. The maximum Gasteiger partial charge on any atom is 0.252 e. The van der Waals surface area contributed by atoms with Gasteiger partial charge in [0.15, 0.2) is 0 Å². The van der Waals surface area contributed by atoms with Crippen LogP contribution in [-0.2, 0) is 0 Å². The van der Waals surface area contributed by atoms with E-state index in [1.165, 1.54) is 0 Å². The first-order valence-corrected chi connectivity index (χ1v) is 7.96. The Labute approximate surface area is 135 Å². The van der Waals surface area contributed by atoms with Crippen LogP contribution < -0.4 is 10.6 Å². The maximum atomic E-state index is 12.2. The Morgan fingerprint density at radius 2 is 2.17 bits per heavy atom. The minimum absolute atomic E-state index is 0.183. The fourth-order valence-corrected chi connectivity index (χ4v) is 2.82. The number of carbonyl (C=O) groups is 1. The number of β-amino-alcohol motifs (C(OH)–C–C–N with tert-alkyl or cyclic N) is 1. The van der Waals surface area contributed by atoms with Crippen molar-refractivity contribution in [3.05, 3.63) is 35.8 Å². The molecule has 0 spiro atoms. The van der Waals surface area contributed by atoms with E-state index in [1.807, 2.05) is 23.6 Å². The highest BCUT2D eigenvalue weighted by atomic mass is 16.3. The molecule has 0 bridgehead atoms. The van der Waals surface area contributed by atoms with Gasteiger partial charge >= 0.3 is 0 Å². The summed E-state index contributed by atoms with van der Waals surface area (Å²) in [5.74, 6) is -0.183. The number of aliphatic hydroxyl groups is 1. The van der Waals surface area contributed by atoms with Crippen LogP contribution in [0.5, 0.6) is 0 Å². The van der Waals surface area contributed by atoms with Crippen molar-refractivity contribution in [3.8, 4) is 0 Å². The topological polar surface area (TPSA) is 81.9 Å². The van der Waals surface area contributed by atoms with Crippen LogP contribution in [0.2, 0.25) is 0 Å². The van der Waals surface area contributed by atoms with Gasteiger partial charge in [0, 0.05) is 51.7 Å². The molecule has 1 amide bonds. The van der Waals surface area contributed by atoms with Gasteiger partial charge in [0.1, 0.15) is 5.65 Å². The molecule has 1 saturated heterocycles. The number of hydrogen-bond acceptors (Lipinski definition) is 5. The SMILES string of the molecule is Cc1cn2cc(C(=O)NC[C@@H](O)CN3CCNCC3)ccc2n1. The number of nitrogens with zero attached hydrogens (tertiary/aromatic N) is 3. The molecule has 3 N–H and O–H groups in total. The summed E-state index contributed by atoms with van der Waals surface area (Å²) in [6, 6.07) is 3.57. The molecule has 1 fully saturated rings. The smallest absolute Gasteiger partial charge is 0.252 e. The molecule has 2 aromatic heterocycles. The Kier molecular flexibility index (Phi) is 4.90. The monoisotopic (exact) mass is 317 g/mol. The van der Waals surface area contributed by atoms with Crippen LogP contribution in [0.15, 0.2) is 24.5 Å². The van der Waals surface area contributed by atoms with Gasteiger partial charge in [-0.3, -0.25) is 9.69 Å². The standard InChI is InChI=1S/C16H23N5O2/c1-12-9-21-10-13(2-3-15(21)19-12)16(23)18-8-14(22)11-20-6-4-17-5-7-20/h2-3,9-10,14,17,22H,4-8,11H2,1H3,(H,18,23)/t14-/m1/s1. The molecule has 1 aliphatic heterocycles. The summed E-state index contributed by atoms with van der Waals surface area (Å²) in [4.78, 5) is 18.7. The Morgan fingerprint density at radius 3 is 2.96 bits per heavy atom. The molecule has 3 heterocycles. The number of hydrogen-bond donors (Lipinski definition) is 3. The highest BCUT2D eigenvalue weighted by molar-refractivity contribution is 5.94.